The van der Waals surface area contributed by atoms with Gasteiger partial charge in [-0.05, 0) is 62.3 Å². The quantitative estimate of drug-likeness (QED) is 0.766. The molecular formula is C21H29F3N2O2. The molecule has 2 aliphatic rings. The number of nitrogens with zero attached hydrogens (tertiary/aromatic N) is 1. The molecule has 156 valence electrons. The van der Waals surface area contributed by atoms with Crippen LogP contribution in [0.5, 0.6) is 0 Å². The molecular weight excluding hydrogens is 369 g/mol. The number of ether oxygens (including phenoxy) is 1. The largest absolute Gasteiger partial charge is 0.469 e. The fourth-order valence-corrected chi connectivity index (χ4v) is 4.46. The SMILES string of the molecule is CC[C@@H]1C[C@H](c2ccc(C(F)(F)F)cc2N2CCC(C(=O)OC)CC2)CCN1. The van der Waals surface area contributed by atoms with E-state index < -0.39 is 11.7 Å². The van der Waals surface area contributed by atoms with Crippen LogP contribution < -0.4 is 10.2 Å². The summed E-state index contributed by atoms with van der Waals surface area (Å²) in [6.07, 6.45) is -0.284. The molecule has 0 aliphatic carbocycles. The number of hydrogen-bond donors (Lipinski definition) is 1. The van der Waals surface area contributed by atoms with E-state index >= 15 is 0 Å². The lowest BCUT2D eigenvalue weighted by Crippen LogP contribution is -2.39. The highest BCUT2D eigenvalue weighted by Gasteiger charge is 2.34. The van der Waals surface area contributed by atoms with E-state index in [2.05, 4.69) is 12.2 Å². The van der Waals surface area contributed by atoms with Gasteiger partial charge in [-0.15, -0.1) is 0 Å². The zero-order valence-corrected chi connectivity index (χ0v) is 16.5. The van der Waals surface area contributed by atoms with Crippen molar-refractivity contribution in [1.82, 2.24) is 5.32 Å². The molecule has 0 radical (unpaired) electrons. The topological polar surface area (TPSA) is 41.6 Å². The van der Waals surface area contributed by atoms with Crippen LogP contribution in [0.3, 0.4) is 0 Å². The molecule has 28 heavy (non-hydrogen) atoms. The predicted molar refractivity (Wildman–Crippen MR) is 102 cm³/mol. The van der Waals surface area contributed by atoms with Crippen molar-refractivity contribution in [3.63, 3.8) is 0 Å². The summed E-state index contributed by atoms with van der Waals surface area (Å²) in [4.78, 5) is 13.8. The second-order valence-corrected chi connectivity index (χ2v) is 7.84. The van der Waals surface area contributed by atoms with Gasteiger partial charge in [0.1, 0.15) is 0 Å². The van der Waals surface area contributed by atoms with Crippen LogP contribution in [0.1, 0.15) is 56.1 Å². The third-order valence-corrected chi connectivity index (χ3v) is 6.16. The first-order chi connectivity index (χ1) is 13.3. The molecule has 0 unspecified atom stereocenters. The third-order valence-electron chi connectivity index (χ3n) is 6.16. The maximum Gasteiger partial charge on any atom is 0.416 e. The average molecular weight is 398 g/mol. The number of piperidine rings is 2. The lowest BCUT2D eigenvalue weighted by Gasteiger charge is -2.37. The van der Waals surface area contributed by atoms with Crippen molar-refractivity contribution in [2.24, 2.45) is 5.92 Å². The van der Waals surface area contributed by atoms with E-state index in [0.717, 1.165) is 31.4 Å². The predicted octanol–water partition coefficient (Wildman–Crippen LogP) is 4.34. The van der Waals surface area contributed by atoms with Gasteiger partial charge in [-0.25, -0.2) is 0 Å². The van der Waals surface area contributed by atoms with E-state index in [4.69, 9.17) is 4.74 Å². The molecule has 0 amide bonds. The summed E-state index contributed by atoms with van der Waals surface area (Å²) < 4.78 is 44.9. The number of alkyl halides is 3. The summed E-state index contributed by atoms with van der Waals surface area (Å²) in [6, 6.07) is 4.59. The number of anilines is 1. The molecule has 2 fully saturated rings. The minimum atomic E-state index is -4.36. The van der Waals surface area contributed by atoms with Crippen LogP contribution in [-0.2, 0) is 15.7 Å². The zero-order chi connectivity index (χ0) is 20.3. The summed E-state index contributed by atoms with van der Waals surface area (Å²) in [5.74, 6) is -0.145. The van der Waals surface area contributed by atoms with Crippen LogP contribution in [0.4, 0.5) is 18.9 Å². The molecule has 0 aromatic heterocycles. The molecule has 2 aliphatic heterocycles. The number of hydrogen-bond acceptors (Lipinski definition) is 4. The van der Waals surface area contributed by atoms with Crippen molar-refractivity contribution in [2.45, 2.75) is 57.2 Å². The van der Waals surface area contributed by atoms with Gasteiger partial charge in [-0.1, -0.05) is 13.0 Å². The smallest absolute Gasteiger partial charge is 0.416 e. The first kappa shape index (κ1) is 21.0. The molecule has 2 atom stereocenters. The van der Waals surface area contributed by atoms with Crippen LogP contribution in [0.15, 0.2) is 18.2 Å². The first-order valence-corrected chi connectivity index (χ1v) is 10.1. The minimum Gasteiger partial charge on any atom is -0.469 e. The van der Waals surface area contributed by atoms with Crippen LogP contribution in [0, 0.1) is 5.92 Å². The number of esters is 1. The third kappa shape index (κ3) is 4.62. The van der Waals surface area contributed by atoms with Gasteiger partial charge in [-0.3, -0.25) is 4.79 Å². The van der Waals surface area contributed by atoms with Crippen molar-refractivity contribution in [3.8, 4) is 0 Å². The standard InChI is InChI=1S/C21H29F3N2O2/c1-3-17-12-15(6-9-25-17)18-5-4-16(21(22,23)24)13-19(18)26-10-7-14(8-11-26)20(27)28-2/h4-5,13-15,17,25H,3,6-12H2,1-2H3/t15-,17-/m1/s1. The van der Waals surface area contributed by atoms with E-state index in [1.54, 1.807) is 6.07 Å². The van der Waals surface area contributed by atoms with Gasteiger partial charge in [0.2, 0.25) is 0 Å². The number of benzene rings is 1. The normalized spacial score (nSPS) is 24.2. The number of carbonyl (C=O) groups is 1. The zero-order valence-electron chi connectivity index (χ0n) is 16.5. The van der Waals surface area contributed by atoms with E-state index in [1.807, 2.05) is 4.90 Å². The number of nitrogens with one attached hydrogen (secondary N) is 1. The molecule has 1 aromatic rings. The maximum absolute atomic E-state index is 13.3. The van der Waals surface area contributed by atoms with Gasteiger partial charge in [-0.2, -0.15) is 13.2 Å². The maximum atomic E-state index is 13.3. The van der Waals surface area contributed by atoms with Gasteiger partial charge in [0.05, 0.1) is 18.6 Å². The summed E-state index contributed by atoms with van der Waals surface area (Å²) in [6.45, 7) is 4.14. The molecule has 0 bridgehead atoms. The summed E-state index contributed by atoms with van der Waals surface area (Å²) in [5, 5.41) is 3.48. The number of methoxy groups -OCH3 is 1. The Morgan fingerprint density at radius 2 is 1.96 bits per heavy atom. The van der Waals surface area contributed by atoms with E-state index in [1.165, 1.54) is 19.2 Å². The Morgan fingerprint density at radius 1 is 1.25 bits per heavy atom. The summed E-state index contributed by atoms with van der Waals surface area (Å²) >= 11 is 0. The van der Waals surface area contributed by atoms with Gasteiger partial charge in [0, 0.05) is 24.8 Å². The lowest BCUT2D eigenvalue weighted by molar-refractivity contribution is -0.146. The van der Waals surface area contributed by atoms with Crippen molar-refractivity contribution in [2.75, 3.05) is 31.6 Å². The molecule has 7 heteroatoms. The minimum absolute atomic E-state index is 0.168. The second kappa shape index (κ2) is 8.72. The second-order valence-electron chi connectivity index (χ2n) is 7.84. The van der Waals surface area contributed by atoms with Crippen LogP contribution in [-0.4, -0.2) is 38.8 Å². The van der Waals surface area contributed by atoms with Gasteiger partial charge in [0.25, 0.3) is 0 Å². The Morgan fingerprint density at radius 3 is 2.57 bits per heavy atom. The highest BCUT2D eigenvalue weighted by molar-refractivity contribution is 5.73. The Bertz CT molecular complexity index is 685. The van der Waals surface area contributed by atoms with Gasteiger partial charge >= 0.3 is 12.1 Å². The Labute approximate surface area is 164 Å². The first-order valence-electron chi connectivity index (χ1n) is 10.1. The van der Waals surface area contributed by atoms with Crippen molar-refractivity contribution < 1.29 is 22.7 Å². The van der Waals surface area contributed by atoms with E-state index in [-0.39, 0.29) is 17.8 Å². The summed E-state index contributed by atoms with van der Waals surface area (Å²) in [5.41, 5.74) is 1.08. The number of halogens is 3. The van der Waals surface area contributed by atoms with Crippen molar-refractivity contribution >= 4 is 11.7 Å². The van der Waals surface area contributed by atoms with E-state index in [0.29, 0.717) is 37.7 Å². The fourth-order valence-electron chi connectivity index (χ4n) is 4.46. The molecule has 0 saturated carbocycles. The highest BCUT2D eigenvalue weighted by atomic mass is 19.4. The molecule has 1 N–H and O–H groups in total. The number of rotatable bonds is 4. The Hall–Kier alpha value is -1.76. The van der Waals surface area contributed by atoms with Gasteiger partial charge in [0.15, 0.2) is 0 Å². The highest BCUT2D eigenvalue weighted by Crippen LogP contribution is 2.40. The van der Waals surface area contributed by atoms with Crippen LogP contribution >= 0.6 is 0 Å². The average Bonchev–Trinajstić information content (AvgIpc) is 2.72. The Balaban J connectivity index is 1.87. The molecule has 0 spiro atoms. The molecule has 3 rings (SSSR count). The number of carbonyl (C=O) groups excluding carboxylic acids is 1. The van der Waals surface area contributed by atoms with Crippen LogP contribution in [0.25, 0.3) is 0 Å². The molecule has 2 saturated heterocycles. The lowest BCUT2D eigenvalue weighted by atomic mass is 9.83. The van der Waals surface area contributed by atoms with Crippen LogP contribution in [0.2, 0.25) is 0 Å². The van der Waals surface area contributed by atoms with E-state index in [9.17, 15) is 18.0 Å². The molecule has 2 heterocycles. The van der Waals surface area contributed by atoms with Crippen molar-refractivity contribution in [1.29, 1.82) is 0 Å². The Kier molecular flexibility index (Phi) is 6.53. The molecule has 4 nitrogen and oxygen atoms in total. The van der Waals surface area contributed by atoms with Crippen molar-refractivity contribution in [3.05, 3.63) is 29.3 Å². The summed E-state index contributed by atoms with van der Waals surface area (Å²) in [7, 11) is 1.38. The fraction of sp³-hybridized carbons (Fsp3) is 0.667. The van der Waals surface area contributed by atoms with Gasteiger partial charge < -0.3 is 15.0 Å². The monoisotopic (exact) mass is 398 g/mol. The molecule has 1 aromatic carbocycles.